The fourth-order valence-corrected chi connectivity index (χ4v) is 2.57. The van der Waals surface area contributed by atoms with Gasteiger partial charge in [0, 0.05) is 5.56 Å². The highest BCUT2D eigenvalue weighted by molar-refractivity contribution is 5.87. The van der Waals surface area contributed by atoms with Crippen LogP contribution in [0.5, 0.6) is 11.5 Å². The zero-order chi connectivity index (χ0) is 20.5. The molecule has 0 fully saturated rings. The van der Waals surface area contributed by atoms with Crippen molar-refractivity contribution in [1.82, 2.24) is 0 Å². The van der Waals surface area contributed by atoms with Crippen LogP contribution in [0.25, 0.3) is 0 Å². The van der Waals surface area contributed by atoms with Gasteiger partial charge in [0.2, 0.25) is 0 Å². The molecule has 0 unspecified atom stereocenters. The second-order valence-corrected chi connectivity index (χ2v) is 6.19. The maximum Gasteiger partial charge on any atom is 0.335 e. The van der Waals surface area contributed by atoms with Gasteiger partial charge in [-0.25, -0.2) is 4.79 Å². The number of methoxy groups -OCH3 is 1. The first-order chi connectivity index (χ1) is 14.2. The highest BCUT2D eigenvalue weighted by Crippen LogP contribution is 2.28. The van der Waals surface area contributed by atoms with Crippen LogP contribution in [-0.4, -0.2) is 24.4 Å². The molecule has 148 valence electrons. The lowest BCUT2D eigenvalue weighted by Gasteiger charge is -2.11. The lowest BCUT2D eigenvalue weighted by molar-refractivity contribution is 0.0697. The van der Waals surface area contributed by atoms with Gasteiger partial charge in [-0.15, -0.1) is 0 Å². The van der Waals surface area contributed by atoms with Crippen molar-refractivity contribution in [2.75, 3.05) is 7.11 Å². The van der Waals surface area contributed by atoms with E-state index in [9.17, 15) is 4.79 Å². The predicted octanol–water partition coefficient (Wildman–Crippen LogP) is 4.52. The number of hydrogen-bond acceptors (Lipinski definition) is 5. The van der Waals surface area contributed by atoms with Crippen molar-refractivity contribution in [2.24, 2.45) is 5.16 Å². The minimum Gasteiger partial charge on any atom is -0.493 e. The Hall–Kier alpha value is -3.80. The van der Waals surface area contributed by atoms with E-state index >= 15 is 0 Å². The fourth-order valence-electron chi connectivity index (χ4n) is 2.57. The standard InChI is InChI=1S/C23H21NO5/c1-27-22-13-19(14-24-29-16-17-5-3-2-4-6-17)9-12-21(22)28-15-18-7-10-20(11-8-18)23(25)26/h2-14H,15-16H2,1H3,(H,25,26)/b24-14-. The summed E-state index contributed by atoms with van der Waals surface area (Å²) in [6.45, 7) is 0.695. The van der Waals surface area contributed by atoms with Crippen molar-refractivity contribution in [3.63, 3.8) is 0 Å². The van der Waals surface area contributed by atoms with Crippen LogP contribution in [0.1, 0.15) is 27.0 Å². The Kier molecular flexibility index (Phi) is 6.84. The normalized spacial score (nSPS) is 10.7. The molecule has 0 saturated carbocycles. The maximum atomic E-state index is 10.9. The first-order valence-corrected chi connectivity index (χ1v) is 8.98. The van der Waals surface area contributed by atoms with Gasteiger partial charge in [-0.2, -0.15) is 0 Å². The molecule has 1 N–H and O–H groups in total. The van der Waals surface area contributed by atoms with Gasteiger partial charge in [0.15, 0.2) is 11.5 Å². The fraction of sp³-hybridized carbons (Fsp3) is 0.130. The lowest BCUT2D eigenvalue weighted by Crippen LogP contribution is -2.00. The average Bonchev–Trinajstić information content (AvgIpc) is 2.76. The Labute approximate surface area is 169 Å². The summed E-state index contributed by atoms with van der Waals surface area (Å²) in [7, 11) is 1.57. The Morgan fingerprint density at radius 3 is 2.34 bits per heavy atom. The van der Waals surface area contributed by atoms with E-state index in [1.807, 2.05) is 36.4 Å². The average molecular weight is 391 g/mol. The summed E-state index contributed by atoms with van der Waals surface area (Å²) in [5.74, 6) is 0.195. The topological polar surface area (TPSA) is 77.3 Å². The number of carboxylic acid groups (broad SMARTS) is 1. The van der Waals surface area contributed by atoms with Gasteiger partial charge in [-0.1, -0.05) is 47.6 Å². The van der Waals surface area contributed by atoms with Gasteiger partial charge in [-0.3, -0.25) is 0 Å². The molecule has 3 rings (SSSR count). The number of benzene rings is 3. The second-order valence-electron chi connectivity index (χ2n) is 6.19. The van der Waals surface area contributed by atoms with Crippen molar-refractivity contribution < 1.29 is 24.2 Å². The molecule has 0 radical (unpaired) electrons. The second kappa shape index (κ2) is 9.94. The molecule has 0 atom stereocenters. The molecule has 29 heavy (non-hydrogen) atoms. The summed E-state index contributed by atoms with van der Waals surface area (Å²) in [6.07, 6.45) is 1.61. The molecule has 0 saturated heterocycles. The van der Waals surface area contributed by atoms with E-state index < -0.39 is 5.97 Å². The minimum absolute atomic E-state index is 0.240. The summed E-state index contributed by atoms with van der Waals surface area (Å²) < 4.78 is 11.2. The number of oxime groups is 1. The molecule has 3 aromatic carbocycles. The number of carbonyl (C=O) groups is 1. The number of carboxylic acids is 1. The maximum absolute atomic E-state index is 10.9. The van der Waals surface area contributed by atoms with E-state index in [2.05, 4.69) is 5.16 Å². The van der Waals surface area contributed by atoms with Gasteiger partial charge in [0.1, 0.15) is 13.2 Å². The highest BCUT2D eigenvalue weighted by Gasteiger charge is 2.07. The lowest BCUT2D eigenvalue weighted by atomic mass is 10.1. The summed E-state index contributed by atoms with van der Waals surface area (Å²) in [5, 5.41) is 12.9. The number of rotatable bonds is 9. The van der Waals surface area contributed by atoms with E-state index in [1.165, 1.54) is 0 Å². The summed E-state index contributed by atoms with van der Waals surface area (Å²) in [6, 6.07) is 21.8. The largest absolute Gasteiger partial charge is 0.493 e. The predicted molar refractivity (Wildman–Crippen MR) is 110 cm³/mol. The third-order valence-electron chi connectivity index (χ3n) is 4.13. The van der Waals surface area contributed by atoms with E-state index in [-0.39, 0.29) is 5.56 Å². The van der Waals surface area contributed by atoms with Crippen LogP contribution >= 0.6 is 0 Å². The molecule has 0 bridgehead atoms. The Morgan fingerprint density at radius 1 is 0.931 bits per heavy atom. The number of nitrogens with zero attached hydrogens (tertiary/aromatic N) is 1. The van der Waals surface area contributed by atoms with Crippen molar-refractivity contribution in [2.45, 2.75) is 13.2 Å². The molecule has 0 aliphatic rings. The van der Waals surface area contributed by atoms with Crippen molar-refractivity contribution in [3.8, 4) is 11.5 Å². The molecule has 0 spiro atoms. The number of ether oxygens (including phenoxy) is 2. The monoisotopic (exact) mass is 391 g/mol. The minimum atomic E-state index is -0.955. The van der Waals surface area contributed by atoms with E-state index in [0.29, 0.717) is 24.7 Å². The van der Waals surface area contributed by atoms with Crippen molar-refractivity contribution in [1.29, 1.82) is 0 Å². The van der Waals surface area contributed by atoms with Gasteiger partial charge in [0.25, 0.3) is 0 Å². The van der Waals surface area contributed by atoms with Crippen LogP contribution in [0.4, 0.5) is 0 Å². The van der Waals surface area contributed by atoms with Crippen LogP contribution in [0.3, 0.4) is 0 Å². The quantitative estimate of drug-likeness (QED) is 0.429. The molecule has 0 aliphatic carbocycles. The van der Waals surface area contributed by atoms with E-state index in [0.717, 1.165) is 16.7 Å². The summed E-state index contributed by atoms with van der Waals surface area (Å²) in [5.41, 5.74) is 2.96. The first kappa shape index (κ1) is 19.9. The summed E-state index contributed by atoms with van der Waals surface area (Å²) >= 11 is 0. The van der Waals surface area contributed by atoms with Crippen molar-refractivity contribution >= 4 is 12.2 Å². The molecule has 0 amide bonds. The first-order valence-electron chi connectivity index (χ1n) is 8.98. The van der Waals surface area contributed by atoms with Gasteiger partial charge in [-0.05, 0) is 41.5 Å². The summed E-state index contributed by atoms with van der Waals surface area (Å²) in [4.78, 5) is 16.2. The molecule has 3 aromatic rings. The van der Waals surface area contributed by atoms with E-state index in [1.54, 1.807) is 49.7 Å². The highest BCUT2D eigenvalue weighted by atomic mass is 16.6. The molecule has 0 aromatic heterocycles. The molecule has 0 aliphatic heterocycles. The van der Waals surface area contributed by atoms with Crippen LogP contribution < -0.4 is 9.47 Å². The van der Waals surface area contributed by atoms with Crippen LogP contribution in [-0.2, 0) is 18.1 Å². The van der Waals surface area contributed by atoms with Crippen molar-refractivity contribution in [3.05, 3.63) is 95.1 Å². The third kappa shape index (κ3) is 5.84. The van der Waals surface area contributed by atoms with Gasteiger partial charge < -0.3 is 19.4 Å². The van der Waals surface area contributed by atoms with Gasteiger partial charge >= 0.3 is 5.97 Å². The zero-order valence-corrected chi connectivity index (χ0v) is 15.9. The van der Waals surface area contributed by atoms with Crippen LogP contribution in [0.2, 0.25) is 0 Å². The SMILES string of the molecule is COc1cc(/C=N\OCc2ccccc2)ccc1OCc1ccc(C(=O)O)cc1. The Bertz CT molecular complexity index is 968. The van der Waals surface area contributed by atoms with Crippen LogP contribution in [0.15, 0.2) is 78.0 Å². The molecule has 6 nitrogen and oxygen atoms in total. The smallest absolute Gasteiger partial charge is 0.335 e. The molecule has 6 heteroatoms. The van der Waals surface area contributed by atoms with E-state index in [4.69, 9.17) is 19.4 Å². The zero-order valence-electron chi connectivity index (χ0n) is 15.9. The third-order valence-corrected chi connectivity index (χ3v) is 4.13. The van der Waals surface area contributed by atoms with Crippen LogP contribution in [0, 0.1) is 0 Å². The Balaban J connectivity index is 1.57. The van der Waals surface area contributed by atoms with Gasteiger partial charge in [0.05, 0.1) is 18.9 Å². The number of hydrogen-bond donors (Lipinski definition) is 1. The molecule has 0 heterocycles. The number of aromatic carboxylic acids is 1. The molecular formula is C23H21NO5. The Morgan fingerprint density at radius 2 is 1.66 bits per heavy atom. The molecular weight excluding hydrogens is 370 g/mol.